The van der Waals surface area contributed by atoms with Crippen molar-refractivity contribution in [2.24, 2.45) is 0 Å². The Balaban J connectivity index is 1.60. The standard InChI is InChI=1S/C24H22FN3O3S2/c1-30-19-10-11-20(31-2)23-22(19)27-24(33-23)28(15-17-5-3-4-13-26-17)21(29)12-14-32-18-8-6-16(25)7-9-18/h3-11,13H,12,14-15H2,1-2H3. The average Bonchev–Trinajstić information content (AvgIpc) is 3.29. The normalized spacial score (nSPS) is 10.9. The number of fused-ring (bicyclic) bond motifs is 1. The van der Waals surface area contributed by atoms with Crippen LogP contribution < -0.4 is 14.4 Å². The third-order valence-corrected chi connectivity index (χ3v) is 6.98. The highest BCUT2D eigenvalue weighted by molar-refractivity contribution is 7.99. The van der Waals surface area contributed by atoms with E-state index < -0.39 is 0 Å². The minimum absolute atomic E-state index is 0.0766. The van der Waals surface area contributed by atoms with Crippen LogP contribution in [0.2, 0.25) is 0 Å². The van der Waals surface area contributed by atoms with Gasteiger partial charge in [-0.3, -0.25) is 14.7 Å². The molecular formula is C24H22FN3O3S2. The molecule has 0 fully saturated rings. The highest BCUT2D eigenvalue weighted by Crippen LogP contribution is 2.40. The molecule has 170 valence electrons. The van der Waals surface area contributed by atoms with Crippen LogP contribution >= 0.6 is 23.1 Å². The van der Waals surface area contributed by atoms with Crippen molar-refractivity contribution in [1.82, 2.24) is 9.97 Å². The number of rotatable bonds is 9. The molecule has 6 nitrogen and oxygen atoms in total. The Kier molecular flexibility index (Phi) is 7.41. The quantitative estimate of drug-likeness (QED) is 0.290. The van der Waals surface area contributed by atoms with E-state index in [-0.39, 0.29) is 11.7 Å². The molecule has 4 aromatic rings. The molecule has 0 bridgehead atoms. The van der Waals surface area contributed by atoms with Gasteiger partial charge in [0.25, 0.3) is 0 Å². The highest BCUT2D eigenvalue weighted by Gasteiger charge is 2.23. The molecule has 0 aliphatic heterocycles. The van der Waals surface area contributed by atoms with E-state index in [4.69, 9.17) is 14.5 Å². The summed E-state index contributed by atoms with van der Waals surface area (Å²) in [6.45, 7) is 0.297. The predicted molar refractivity (Wildman–Crippen MR) is 130 cm³/mol. The van der Waals surface area contributed by atoms with E-state index in [1.54, 1.807) is 43.5 Å². The van der Waals surface area contributed by atoms with Crippen molar-refractivity contribution in [2.45, 2.75) is 17.9 Å². The number of hydrogen-bond acceptors (Lipinski definition) is 7. The Morgan fingerprint density at radius 1 is 1.06 bits per heavy atom. The molecule has 0 aliphatic rings. The zero-order chi connectivity index (χ0) is 23.2. The fourth-order valence-corrected chi connectivity index (χ4v) is 5.16. The second kappa shape index (κ2) is 10.6. The van der Waals surface area contributed by atoms with E-state index in [0.717, 1.165) is 15.3 Å². The first-order chi connectivity index (χ1) is 16.1. The van der Waals surface area contributed by atoms with Gasteiger partial charge in [-0.05, 0) is 48.5 Å². The molecule has 0 atom stereocenters. The van der Waals surface area contributed by atoms with Crippen molar-refractivity contribution in [2.75, 3.05) is 24.9 Å². The van der Waals surface area contributed by atoms with Gasteiger partial charge in [-0.2, -0.15) is 0 Å². The lowest BCUT2D eigenvalue weighted by atomic mass is 10.3. The lowest BCUT2D eigenvalue weighted by molar-refractivity contribution is -0.118. The van der Waals surface area contributed by atoms with Gasteiger partial charge >= 0.3 is 0 Å². The van der Waals surface area contributed by atoms with Crippen molar-refractivity contribution in [3.63, 3.8) is 0 Å². The molecule has 1 amide bonds. The fraction of sp³-hybridized carbons (Fsp3) is 0.208. The number of methoxy groups -OCH3 is 2. The van der Waals surface area contributed by atoms with E-state index in [9.17, 15) is 9.18 Å². The molecule has 0 unspecified atom stereocenters. The van der Waals surface area contributed by atoms with Gasteiger partial charge in [0.1, 0.15) is 27.5 Å². The zero-order valence-electron chi connectivity index (χ0n) is 18.2. The number of ether oxygens (including phenoxy) is 2. The van der Waals surface area contributed by atoms with E-state index in [1.807, 2.05) is 24.3 Å². The van der Waals surface area contributed by atoms with Crippen molar-refractivity contribution < 1.29 is 18.7 Å². The van der Waals surface area contributed by atoms with Gasteiger partial charge in [0.15, 0.2) is 5.13 Å². The monoisotopic (exact) mass is 483 g/mol. The predicted octanol–water partition coefficient (Wildman–Crippen LogP) is 5.56. The summed E-state index contributed by atoms with van der Waals surface area (Å²) < 4.78 is 24.9. The number of halogens is 1. The Hall–Kier alpha value is -3.17. The third-order valence-electron chi connectivity index (χ3n) is 4.88. The first-order valence-electron chi connectivity index (χ1n) is 10.2. The number of nitrogens with zero attached hydrogens (tertiary/aromatic N) is 3. The number of hydrogen-bond donors (Lipinski definition) is 0. The number of pyridine rings is 1. The summed E-state index contributed by atoms with van der Waals surface area (Å²) in [5.74, 6) is 1.49. The van der Waals surface area contributed by atoms with Crippen LogP contribution in [0.15, 0.2) is 65.7 Å². The Labute approximate surface area is 199 Å². The molecule has 0 radical (unpaired) electrons. The average molecular weight is 484 g/mol. The van der Waals surface area contributed by atoms with Gasteiger partial charge in [-0.1, -0.05) is 17.4 Å². The maximum atomic E-state index is 13.3. The molecule has 0 aliphatic carbocycles. The summed E-state index contributed by atoms with van der Waals surface area (Å²) in [5, 5.41) is 0.551. The van der Waals surface area contributed by atoms with E-state index in [2.05, 4.69) is 4.98 Å². The van der Waals surface area contributed by atoms with Crippen LogP contribution in [0.5, 0.6) is 11.5 Å². The first-order valence-corrected chi connectivity index (χ1v) is 12.0. The van der Waals surface area contributed by atoms with Gasteiger partial charge < -0.3 is 9.47 Å². The van der Waals surface area contributed by atoms with E-state index >= 15 is 0 Å². The van der Waals surface area contributed by atoms with Gasteiger partial charge in [-0.15, -0.1) is 11.8 Å². The lowest BCUT2D eigenvalue weighted by Gasteiger charge is -2.19. The van der Waals surface area contributed by atoms with Crippen LogP contribution in [-0.2, 0) is 11.3 Å². The largest absolute Gasteiger partial charge is 0.495 e. The number of carbonyl (C=O) groups is 1. The minimum atomic E-state index is -0.279. The summed E-state index contributed by atoms with van der Waals surface area (Å²) in [6.07, 6.45) is 1.99. The summed E-state index contributed by atoms with van der Waals surface area (Å²) in [6, 6.07) is 15.5. The molecule has 4 rings (SSSR count). The maximum Gasteiger partial charge on any atom is 0.229 e. The van der Waals surface area contributed by atoms with Crippen LogP contribution in [0.4, 0.5) is 9.52 Å². The fourth-order valence-electron chi connectivity index (χ4n) is 3.23. The third kappa shape index (κ3) is 5.43. The first kappa shape index (κ1) is 23.0. The molecule has 9 heteroatoms. The smallest absolute Gasteiger partial charge is 0.229 e. The summed E-state index contributed by atoms with van der Waals surface area (Å²) in [7, 11) is 3.19. The molecule has 2 heterocycles. The van der Waals surface area contributed by atoms with Crippen LogP contribution in [0, 0.1) is 5.82 Å². The SMILES string of the molecule is COc1ccc(OC)c2sc(N(Cc3ccccn3)C(=O)CCSc3ccc(F)cc3)nc12. The van der Waals surface area contributed by atoms with Gasteiger partial charge in [-0.25, -0.2) is 9.37 Å². The van der Waals surface area contributed by atoms with Gasteiger partial charge in [0, 0.05) is 23.3 Å². The van der Waals surface area contributed by atoms with Crippen molar-refractivity contribution in [3.05, 3.63) is 72.3 Å². The zero-order valence-corrected chi connectivity index (χ0v) is 19.8. The van der Waals surface area contributed by atoms with Crippen LogP contribution in [-0.4, -0.2) is 35.8 Å². The Morgan fingerprint density at radius 3 is 2.52 bits per heavy atom. The molecule has 2 aromatic heterocycles. The summed E-state index contributed by atoms with van der Waals surface area (Å²) in [4.78, 5) is 25.0. The number of aromatic nitrogens is 2. The molecule has 0 spiro atoms. The maximum absolute atomic E-state index is 13.3. The number of carbonyl (C=O) groups excluding carboxylic acids is 1. The molecule has 0 N–H and O–H groups in total. The molecule has 0 saturated carbocycles. The lowest BCUT2D eigenvalue weighted by Crippen LogP contribution is -2.30. The van der Waals surface area contributed by atoms with Crippen molar-refractivity contribution >= 4 is 44.4 Å². The van der Waals surface area contributed by atoms with E-state index in [1.165, 1.54) is 35.2 Å². The van der Waals surface area contributed by atoms with Gasteiger partial charge in [0.2, 0.25) is 5.91 Å². The molecular weight excluding hydrogens is 461 g/mol. The summed E-state index contributed by atoms with van der Waals surface area (Å²) in [5.41, 5.74) is 1.41. The number of amides is 1. The van der Waals surface area contributed by atoms with Crippen LogP contribution in [0.3, 0.4) is 0 Å². The van der Waals surface area contributed by atoms with Crippen molar-refractivity contribution in [1.29, 1.82) is 0 Å². The molecule has 2 aromatic carbocycles. The molecule has 33 heavy (non-hydrogen) atoms. The number of thiazole rings is 1. The Bertz CT molecular complexity index is 1190. The van der Waals surface area contributed by atoms with E-state index in [0.29, 0.717) is 40.9 Å². The van der Waals surface area contributed by atoms with Crippen LogP contribution in [0.25, 0.3) is 10.2 Å². The number of anilines is 1. The minimum Gasteiger partial charge on any atom is -0.495 e. The second-order valence-corrected chi connectivity index (χ2v) is 9.14. The van der Waals surface area contributed by atoms with Gasteiger partial charge in [0.05, 0.1) is 26.5 Å². The Morgan fingerprint density at radius 2 is 1.82 bits per heavy atom. The molecule has 0 saturated heterocycles. The second-order valence-electron chi connectivity index (χ2n) is 7.00. The number of benzene rings is 2. The van der Waals surface area contributed by atoms with Crippen LogP contribution in [0.1, 0.15) is 12.1 Å². The highest BCUT2D eigenvalue weighted by atomic mass is 32.2. The van der Waals surface area contributed by atoms with Crippen molar-refractivity contribution in [3.8, 4) is 11.5 Å². The number of thioether (sulfide) groups is 1. The summed E-state index contributed by atoms with van der Waals surface area (Å²) >= 11 is 2.88. The topological polar surface area (TPSA) is 64.6 Å².